The maximum Gasteiger partial charge on any atom is 0.229 e. The van der Waals surface area contributed by atoms with Crippen LogP contribution in [0.25, 0.3) is 10.2 Å². The standard InChI is InChI=1S/C23H19Cl2N3OS2/c24-17-5-8-19(9-6-17)30-12-2-4-22(29)28(15-16-3-1-11-26-14-16)23-27-20-10-7-18(25)13-21(20)31-23/h1,3,5-11,13-14H,2,4,12,15H2. The lowest BCUT2D eigenvalue weighted by atomic mass is 10.2. The third-order valence-electron chi connectivity index (χ3n) is 4.55. The predicted octanol–water partition coefficient (Wildman–Crippen LogP) is 7.10. The fourth-order valence-electron chi connectivity index (χ4n) is 3.02. The number of carbonyl (C=O) groups is 1. The largest absolute Gasteiger partial charge is 0.284 e. The number of anilines is 1. The molecule has 31 heavy (non-hydrogen) atoms. The Bertz CT molecular complexity index is 1170. The molecule has 0 N–H and O–H groups in total. The zero-order valence-corrected chi connectivity index (χ0v) is 19.6. The number of thiazole rings is 1. The van der Waals surface area contributed by atoms with Gasteiger partial charge in [0.15, 0.2) is 5.13 Å². The fraction of sp³-hybridized carbons (Fsp3) is 0.174. The summed E-state index contributed by atoms with van der Waals surface area (Å²) in [6.07, 6.45) is 4.72. The number of hydrogen-bond donors (Lipinski definition) is 0. The molecule has 0 radical (unpaired) electrons. The normalized spacial score (nSPS) is 11.0. The first kappa shape index (κ1) is 22.1. The van der Waals surface area contributed by atoms with Crippen LogP contribution in [-0.2, 0) is 11.3 Å². The van der Waals surface area contributed by atoms with Crippen LogP contribution in [0.1, 0.15) is 18.4 Å². The van der Waals surface area contributed by atoms with Crippen LogP contribution in [0.15, 0.2) is 71.9 Å². The van der Waals surface area contributed by atoms with Crippen molar-refractivity contribution in [3.8, 4) is 0 Å². The van der Waals surface area contributed by atoms with E-state index in [0.29, 0.717) is 23.1 Å². The number of aromatic nitrogens is 2. The highest BCUT2D eigenvalue weighted by Crippen LogP contribution is 2.32. The molecule has 0 aliphatic rings. The van der Waals surface area contributed by atoms with Crippen LogP contribution in [0.3, 0.4) is 0 Å². The minimum Gasteiger partial charge on any atom is -0.284 e. The Morgan fingerprint density at radius 2 is 1.87 bits per heavy atom. The number of halogens is 2. The van der Waals surface area contributed by atoms with Gasteiger partial charge in [-0.2, -0.15) is 0 Å². The SMILES string of the molecule is O=C(CCCSc1ccc(Cl)cc1)N(Cc1cccnc1)c1nc2ccc(Cl)cc2s1. The van der Waals surface area contributed by atoms with Gasteiger partial charge in [-0.15, -0.1) is 11.8 Å². The number of hydrogen-bond acceptors (Lipinski definition) is 5. The highest BCUT2D eigenvalue weighted by atomic mass is 35.5. The monoisotopic (exact) mass is 487 g/mol. The molecule has 2 aromatic carbocycles. The van der Waals surface area contributed by atoms with Crippen molar-refractivity contribution < 1.29 is 4.79 Å². The smallest absolute Gasteiger partial charge is 0.229 e. The Morgan fingerprint density at radius 3 is 2.65 bits per heavy atom. The molecule has 0 saturated heterocycles. The van der Waals surface area contributed by atoms with Gasteiger partial charge < -0.3 is 0 Å². The Morgan fingerprint density at radius 1 is 1.06 bits per heavy atom. The predicted molar refractivity (Wildman–Crippen MR) is 131 cm³/mol. The van der Waals surface area contributed by atoms with Gasteiger partial charge in [0, 0.05) is 33.8 Å². The van der Waals surface area contributed by atoms with Gasteiger partial charge in [0.25, 0.3) is 0 Å². The van der Waals surface area contributed by atoms with Crippen LogP contribution in [-0.4, -0.2) is 21.6 Å². The summed E-state index contributed by atoms with van der Waals surface area (Å²) in [6, 6.07) is 17.2. The maximum absolute atomic E-state index is 13.2. The van der Waals surface area contributed by atoms with Crippen LogP contribution in [0.2, 0.25) is 10.0 Å². The van der Waals surface area contributed by atoms with E-state index in [0.717, 1.165) is 37.9 Å². The van der Waals surface area contributed by atoms with Crippen LogP contribution >= 0.6 is 46.3 Å². The minimum atomic E-state index is 0.0470. The molecule has 0 bridgehead atoms. The molecule has 0 saturated carbocycles. The molecule has 0 fully saturated rings. The van der Waals surface area contributed by atoms with Crippen molar-refractivity contribution >= 4 is 67.6 Å². The van der Waals surface area contributed by atoms with Crippen molar-refractivity contribution in [1.82, 2.24) is 9.97 Å². The molecule has 4 rings (SSSR count). The zero-order chi connectivity index (χ0) is 21.6. The Hall–Kier alpha value is -2.12. The van der Waals surface area contributed by atoms with E-state index in [1.807, 2.05) is 54.6 Å². The number of fused-ring (bicyclic) bond motifs is 1. The van der Waals surface area contributed by atoms with Gasteiger partial charge in [0.05, 0.1) is 16.8 Å². The van der Waals surface area contributed by atoms with E-state index >= 15 is 0 Å². The van der Waals surface area contributed by atoms with Crippen molar-refractivity contribution in [2.45, 2.75) is 24.3 Å². The molecular formula is C23H19Cl2N3OS2. The molecule has 4 nitrogen and oxygen atoms in total. The first-order valence-electron chi connectivity index (χ1n) is 9.72. The summed E-state index contributed by atoms with van der Waals surface area (Å²) < 4.78 is 0.963. The van der Waals surface area contributed by atoms with Gasteiger partial charge in [0.2, 0.25) is 5.91 Å². The number of pyridine rings is 1. The summed E-state index contributed by atoms with van der Waals surface area (Å²) >= 11 is 15.3. The first-order valence-corrected chi connectivity index (χ1v) is 12.3. The highest BCUT2D eigenvalue weighted by molar-refractivity contribution is 7.99. The van der Waals surface area contributed by atoms with Crippen LogP contribution in [0, 0.1) is 0 Å². The molecular weight excluding hydrogens is 469 g/mol. The van der Waals surface area contributed by atoms with E-state index in [-0.39, 0.29) is 5.91 Å². The van der Waals surface area contributed by atoms with Crippen molar-refractivity contribution in [3.63, 3.8) is 0 Å². The van der Waals surface area contributed by atoms with Crippen LogP contribution < -0.4 is 4.90 Å². The second kappa shape index (κ2) is 10.5. The lowest BCUT2D eigenvalue weighted by molar-refractivity contribution is -0.118. The van der Waals surface area contributed by atoms with Crippen molar-refractivity contribution in [1.29, 1.82) is 0 Å². The van der Waals surface area contributed by atoms with Crippen LogP contribution in [0.4, 0.5) is 5.13 Å². The molecule has 1 amide bonds. The summed E-state index contributed by atoms with van der Waals surface area (Å²) in [5.41, 5.74) is 1.80. The number of benzene rings is 2. The van der Waals surface area contributed by atoms with E-state index < -0.39 is 0 Å². The van der Waals surface area contributed by atoms with Gasteiger partial charge in [0.1, 0.15) is 0 Å². The lowest BCUT2D eigenvalue weighted by Crippen LogP contribution is -2.30. The van der Waals surface area contributed by atoms with Gasteiger partial charge in [-0.25, -0.2) is 4.98 Å². The molecule has 0 aliphatic carbocycles. The van der Waals surface area contributed by atoms with Gasteiger partial charge in [-0.05, 0) is 66.3 Å². The van der Waals surface area contributed by atoms with E-state index in [9.17, 15) is 4.79 Å². The fourth-order valence-corrected chi connectivity index (χ4v) is 5.25. The number of carbonyl (C=O) groups excluding carboxylic acids is 1. The maximum atomic E-state index is 13.2. The molecule has 2 heterocycles. The summed E-state index contributed by atoms with van der Waals surface area (Å²) in [7, 11) is 0. The molecule has 0 atom stereocenters. The number of rotatable bonds is 8. The number of nitrogens with zero attached hydrogens (tertiary/aromatic N) is 3. The Balaban J connectivity index is 1.46. The van der Waals surface area contributed by atoms with Crippen LogP contribution in [0.5, 0.6) is 0 Å². The molecule has 158 valence electrons. The van der Waals surface area contributed by atoms with Crippen molar-refractivity contribution in [3.05, 3.63) is 82.6 Å². The van der Waals surface area contributed by atoms with E-state index in [1.54, 1.807) is 29.1 Å². The molecule has 8 heteroatoms. The first-order chi connectivity index (χ1) is 15.1. The Labute approximate surface area is 199 Å². The summed E-state index contributed by atoms with van der Waals surface area (Å²) in [4.78, 5) is 24.9. The van der Waals surface area contributed by atoms with Crippen molar-refractivity contribution in [2.75, 3.05) is 10.7 Å². The highest BCUT2D eigenvalue weighted by Gasteiger charge is 2.20. The Kier molecular flexibility index (Phi) is 7.45. The van der Waals surface area contributed by atoms with E-state index in [4.69, 9.17) is 23.2 Å². The number of amides is 1. The average Bonchev–Trinajstić information content (AvgIpc) is 3.19. The van der Waals surface area contributed by atoms with E-state index in [2.05, 4.69) is 9.97 Å². The zero-order valence-electron chi connectivity index (χ0n) is 16.5. The second-order valence-corrected chi connectivity index (χ2v) is 9.91. The summed E-state index contributed by atoms with van der Waals surface area (Å²) in [5, 5.41) is 2.06. The molecule has 0 aliphatic heterocycles. The second-order valence-electron chi connectivity index (χ2n) is 6.86. The van der Waals surface area contributed by atoms with Gasteiger partial charge in [-0.1, -0.05) is 40.6 Å². The summed E-state index contributed by atoms with van der Waals surface area (Å²) in [5.74, 6) is 0.898. The third kappa shape index (κ3) is 5.98. The average molecular weight is 488 g/mol. The summed E-state index contributed by atoms with van der Waals surface area (Å²) in [6.45, 7) is 0.435. The topological polar surface area (TPSA) is 46.1 Å². The van der Waals surface area contributed by atoms with Gasteiger partial charge >= 0.3 is 0 Å². The molecule has 0 spiro atoms. The molecule has 0 unspecified atom stereocenters. The molecule has 4 aromatic rings. The minimum absolute atomic E-state index is 0.0470. The lowest BCUT2D eigenvalue weighted by Gasteiger charge is -2.20. The van der Waals surface area contributed by atoms with E-state index in [1.165, 1.54) is 11.3 Å². The van der Waals surface area contributed by atoms with Crippen molar-refractivity contribution in [2.24, 2.45) is 0 Å². The number of thioether (sulfide) groups is 1. The molecule has 2 aromatic heterocycles. The third-order valence-corrected chi connectivity index (χ3v) is 7.18. The van der Waals surface area contributed by atoms with Gasteiger partial charge in [-0.3, -0.25) is 14.7 Å². The quantitative estimate of drug-likeness (QED) is 0.196.